The van der Waals surface area contributed by atoms with Gasteiger partial charge < -0.3 is 50.0 Å². The number of nitrogens with zero attached hydrogens (tertiary/aromatic N) is 9. The molecule has 21 nitrogen and oxygen atoms in total. The molecule has 0 spiro atoms. The van der Waals surface area contributed by atoms with Crippen molar-refractivity contribution < 1.29 is 52.1 Å². The minimum Gasteiger partial charge on any atom is -0.391 e. The molecule has 2 aliphatic heterocycles. The summed E-state index contributed by atoms with van der Waals surface area (Å²) in [7, 11) is 1.48. The van der Waals surface area contributed by atoms with Crippen LogP contribution in [0.3, 0.4) is 0 Å². The molecule has 4 aromatic heterocycles. The number of likely N-dealkylation sites (tertiary alicyclic amines) is 1. The van der Waals surface area contributed by atoms with E-state index in [1.807, 2.05) is 36.1 Å². The smallest absolute Gasteiger partial charge is 0.284 e. The first-order valence-electron chi connectivity index (χ1n) is 22.7. The summed E-state index contributed by atoms with van der Waals surface area (Å²) in [6, 6.07) is 7.60. The van der Waals surface area contributed by atoms with Crippen molar-refractivity contribution in [3.63, 3.8) is 0 Å². The number of alkyl halides is 2. The fourth-order valence-corrected chi connectivity index (χ4v) is 8.88. The topological polar surface area (TPSA) is 240 Å². The molecule has 0 saturated carbocycles. The Hall–Kier alpha value is -6.47. The number of halogens is 2. The van der Waals surface area contributed by atoms with Crippen LogP contribution in [0.25, 0.3) is 16.1 Å². The zero-order chi connectivity index (χ0) is 50.1. The third-order valence-corrected chi connectivity index (χ3v) is 12.8. The maximum absolute atomic E-state index is 13.9. The average molecular weight is 993 g/mol. The molecule has 5 amide bonds. The second kappa shape index (κ2) is 23.0. The molecule has 1 aromatic carbocycles. The van der Waals surface area contributed by atoms with Gasteiger partial charge in [0.05, 0.1) is 60.5 Å². The number of carbonyl (C=O) groups excluding carboxylic acids is 5. The van der Waals surface area contributed by atoms with Crippen LogP contribution in [0.1, 0.15) is 60.9 Å². The average Bonchev–Trinajstić information content (AvgIpc) is 4.14. The first kappa shape index (κ1) is 51.4. The largest absolute Gasteiger partial charge is 0.391 e. The fraction of sp³-hybridized carbons (Fsp3) is 0.500. The Balaban J connectivity index is 0.770. The van der Waals surface area contributed by atoms with E-state index in [2.05, 4.69) is 36.1 Å². The maximum atomic E-state index is 13.9. The molecule has 70 heavy (non-hydrogen) atoms. The third kappa shape index (κ3) is 12.8. The van der Waals surface area contributed by atoms with E-state index in [0.29, 0.717) is 32.0 Å². The summed E-state index contributed by atoms with van der Waals surface area (Å²) in [4.78, 5) is 81.3. The molecule has 24 heteroatoms. The molecule has 376 valence electrons. The normalized spacial score (nSPS) is 16.8. The molecule has 6 heterocycles. The van der Waals surface area contributed by atoms with E-state index in [0.717, 1.165) is 21.7 Å². The summed E-state index contributed by atoms with van der Waals surface area (Å²) in [6.45, 7) is 9.28. The number of nitrogens with one attached hydrogen (secondary N) is 3. The lowest BCUT2D eigenvalue weighted by molar-refractivity contribution is -0.144. The van der Waals surface area contributed by atoms with Crippen LogP contribution in [-0.4, -0.2) is 164 Å². The lowest BCUT2D eigenvalue weighted by atomic mass is 9.85. The van der Waals surface area contributed by atoms with Crippen molar-refractivity contribution in [1.29, 1.82) is 0 Å². The minimum absolute atomic E-state index is 0.0472. The zero-order valence-electron chi connectivity index (χ0n) is 39.6. The first-order valence-corrected chi connectivity index (χ1v) is 23.6. The number of aromatic nitrogens is 6. The molecule has 5 aromatic rings. The van der Waals surface area contributed by atoms with Gasteiger partial charge in [-0.15, -0.1) is 11.3 Å². The van der Waals surface area contributed by atoms with Crippen LogP contribution in [0.15, 0.2) is 54.4 Å². The number of carbonyl (C=O) groups is 5. The van der Waals surface area contributed by atoms with Crippen molar-refractivity contribution >= 4 is 58.0 Å². The Morgan fingerprint density at radius 1 is 0.957 bits per heavy atom. The Labute approximate surface area is 406 Å². The van der Waals surface area contributed by atoms with E-state index in [1.54, 1.807) is 54.8 Å². The highest BCUT2D eigenvalue weighted by molar-refractivity contribution is 7.13. The number of fused-ring (bicyclic) bond motifs is 1. The zero-order valence-corrected chi connectivity index (χ0v) is 40.4. The number of piperazine rings is 1. The van der Waals surface area contributed by atoms with Gasteiger partial charge in [-0.05, 0) is 29.5 Å². The summed E-state index contributed by atoms with van der Waals surface area (Å²) >= 11 is 1.56. The van der Waals surface area contributed by atoms with Gasteiger partial charge >= 0.3 is 0 Å². The van der Waals surface area contributed by atoms with E-state index in [-0.39, 0.29) is 82.0 Å². The van der Waals surface area contributed by atoms with Gasteiger partial charge in [-0.3, -0.25) is 28.7 Å². The molecular weight excluding hydrogens is 935 g/mol. The van der Waals surface area contributed by atoms with E-state index in [1.165, 1.54) is 33.5 Å². The van der Waals surface area contributed by atoms with E-state index < -0.39 is 59.4 Å². The fourth-order valence-electron chi connectivity index (χ4n) is 8.07. The van der Waals surface area contributed by atoms with Crippen molar-refractivity contribution in [2.45, 2.75) is 65.3 Å². The number of benzene rings is 1. The molecule has 2 saturated heterocycles. The number of β-amino-alcohol motifs (C(OH)–C–C–N with tert-alkyl or cyclic N) is 1. The molecule has 0 radical (unpaired) electrons. The van der Waals surface area contributed by atoms with E-state index in [4.69, 9.17) is 14.2 Å². The van der Waals surface area contributed by atoms with Crippen molar-refractivity contribution in [2.24, 2.45) is 12.5 Å². The summed E-state index contributed by atoms with van der Waals surface area (Å²) < 4.78 is 46.1. The number of aliphatic hydroxyl groups excluding tert-OH is 1. The molecule has 7 rings (SSSR count). The van der Waals surface area contributed by atoms with Gasteiger partial charge in [0.25, 0.3) is 12.3 Å². The Morgan fingerprint density at radius 3 is 2.33 bits per heavy atom. The number of ether oxygens (including phenoxy) is 3. The maximum Gasteiger partial charge on any atom is 0.284 e. The number of anilines is 2. The highest BCUT2D eigenvalue weighted by Crippen LogP contribution is 2.29. The van der Waals surface area contributed by atoms with Crippen LogP contribution < -0.4 is 20.9 Å². The predicted molar refractivity (Wildman–Crippen MR) is 252 cm³/mol. The number of thiazole rings is 1. The lowest BCUT2D eigenvalue weighted by Gasteiger charge is -2.35. The highest BCUT2D eigenvalue weighted by atomic mass is 32.1. The number of aryl methyl sites for hydroxylation is 2. The lowest BCUT2D eigenvalue weighted by Crippen LogP contribution is -2.58. The Kier molecular flexibility index (Phi) is 16.9. The van der Waals surface area contributed by atoms with Gasteiger partial charge in [0.1, 0.15) is 36.7 Å². The van der Waals surface area contributed by atoms with E-state index in [9.17, 15) is 37.9 Å². The van der Waals surface area contributed by atoms with Crippen LogP contribution in [0, 0.1) is 12.3 Å². The summed E-state index contributed by atoms with van der Waals surface area (Å²) in [5.74, 6) is -1.72. The standard InChI is InChI=1S/C46H58F2N12O9S/c1-28-39(70-27-50-28)30-8-6-29(7-9-30)21-49-44(65)34-20-31(61)23-59(34)45(66)40(46(2,3)4)54-36(62)25-68-18-16-67-17-19-69-26-37(63)58-14-12-57(13-15-58)35-10-11-60-42(53-35)32(22-51-60)43(64)52-33-24-56(5)55-38(33)41(47)48/h6-11,22,24,27,31,34,40-41,61H,12-21,23,25-26H2,1-5H3,(H,49,65)(H,52,64)(H,54,62)/t31-,34+,40-/m1/s1. The summed E-state index contributed by atoms with van der Waals surface area (Å²) in [5.41, 5.74) is 3.58. The van der Waals surface area contributed by atoms with Gasteiger partial charge in [0.2, 0.25) is 23.6 Å². The quantitative estimate of drug-likeness (QED) is 0.0821. The van der Waals surface area contributed by atoms with Crippen LogP contribution in [0.4, 0.5) is 20.3 Å². The van der Waals surface area contributed by atoms with E-state index >= 15 is 0 Å². The predicted octanol–water partition coefficient (Wildman–Crippen LogP) is 2.59. The van der Waals surface area contributed by atoms with Crippen LogP contribution >= 0.6 is 11.3 Å². The van der Waals surface area contributed by atoms with Gasteiger partial charge in [-0.1, -0.05) is 45.0 Å². The molecule has 0 aliphatic carbocycles. The second-order valence-corrected chi connectivity index (χ2v) is 18.9. The number of amides is 5. The monoisotopic (exact) mass is 992 g/mol. The first-order chi connectivity index (χ1) is 33.5. The molecule has 4 N–H and O–H groups in total. The van der Waals surface area contributed by atoms with Gasteiger partial charge in [0, 0.05) is 65.1 Å². The SMILES string of the molecule is Cc1ncsc1-c1ccc(CNC(=O)[C@@H]2C[C@@H](O)CN2C(=O)[C@@H](NC(=O)COCCOCCOCC(=O)N2CCN(c3ccn4ncc(C(=O)Nc5cn(C)nc5C(F)F)c4n3)CC2)C(C)(C)C)cc1. The number of hydrogen-bond acceptors (Lipinski definition) is 15. The van der Waals surface area contributed by atoms with Gasteiger partial charge in [-0.2, -0.15) is 10.2 Å². The molecule has 3 atom stereocenters. The second-order valence-electron chi connectivity index (χ2n) is 18.0. The van der Waals surface area contributed by atoms with Crippen LogP contribution in [0.2, 0.25) is 0 Å². The highest BCUT2D eigenvalue weighted by Gasteiger charge is 2.44. The van der Waals surface area contributed by atoms with Crippen molar-refractivity contribution in [3.05, 3.63) is 76.9 Å². The van der Waals surface area contributed by atoms with Crippen molar-refractivity contribution in [1.82, 2.24) is 49.8 Å². The number of rotatable bonds is 20. The van der Waals surface area contributed by atoms with Crippen LogP contribution in [0.5, 0.6) is 0 Å². The Morgan fingerprint density at radius 2 is 1.66 bits per heavy atom. The Bertz CT molecular complexity index is 2630. The summed E-state index contributed by atoms with van der Waals surface area (Å²) in [6.07, 6.45) is 0.538. The molecule has 0 unspecified atom stereocenters. The molecular formula is C46H58F2N12O9S. The van der Waals surface area contributed by atoms with Crippen LogP contribution in [-0.2, 0) is 47.0 Å². The van der Waals surface area contributed by atoms with Crippen molar-refractivity contribution in [3.8, 4) is 10.4 Å². The number of hydrogen-bond donors (Lipinski definition) is 4. The molecule has 2 aliphatic rings. The van der Waals surface area contributed by atoms with Crippen molar-refractivity contribution in [2.75, 3.05) is 82.6 Å². The number of aliphatic hydroxyl groups is 1. The third-order valence-electron chi connectivity index (χ3n) is 11.8. The minimum atomic E-state index is -2.88. The van der Waals surface area contributed by atoms with Gasteiger partial charge in [0.15, 0.2) is 11.3 Å². The summed E-state index contributed by atoms with van der Waals surface area (Å²) in [5, 5.41) is 26.6. The molecule has 0 bridgehead atoms. The molecule has 2 fully saturated rings. The van der Waals surface area contributed by atoms with Gasteiger partial charge in [-0.25, -0.2) is 23.3 Å².